The van der Waals surface area contributed by atoms with Gasteiger partial charge in [0.1, 0.15) is 0 Å². The van der Waals surface area contributed by atoms with Crippen LogP contribution in [0.1, 0.15) is 58.8 Å². The minimum absolute atomic E-state index is 0.104. The van der Waals surface area contributed by atoms with Crippen LogP contribution < -0.4 is 0 Å². The highest BCUT2D eigenvalue weighted by Crippen LogP contribution is 2.66. The number of carbonyl (C=O) groups excluding carboxylic acids is 2. The van der Waals surface area contributed by atoms with E-state index in [-0.39, 0.29) is 16.8 Å². The molecule has 0 aromatic heterocycles. The summed E-state index contributed by atoms with van der Waals surface area (Å²) in [4.78, 5) is 26.6. The number of carbonyl (C=O) groups is 2. The summed E-state index contributed by atoms with van der Waals surface area (Å²) in [6, 6.07) is 0. The molecule has 0 spiro atoms. The lowest BCUT2D eigenvalue weighted by atomic mass is 9.68. The van der Waals surface area contributed by atoms with Gasteiger partial charge in [-0.3, -0.25) is 9.59 Å². The zero-order valence-electron chi connectivity index (χ0n) is 15.4. The first kappa shape index (κ1) is 17.5. The third-order valence-corrected chi connectivity index (χ3v) is 7.19. The van der Waals surface area contributed by atoms with Gasteiger partial charge >= 0.3 is 5.97 Å². The number of amides is 1. The molecule has 2 aliphatic carbocycles. The minimum atomic E-state index is -0.285. The summed E-state index contributed by atoms with van der Waals surface area (Å²) in [5.41, 5.74) is 0.990. The van der Waals surface area contributed by atoms with Crippen molar-refractivity contribution < 1.29 is 14.3 Å². The Balaban J connectivity index is 1.58. The molecule has 1 heterocycles. The minimum Gasteiger partial charge on any atom is -0.469 e. The molecule has 0 aromatic rings. The van der Waals surface area contributed by atoms with Crippen LogP contribution in [0.2, 0.25) is 0 Å². The monoisotopic (exact) mass is 333 g/mol. The molecule has 2 saturated carbocycles. The largest absolute Gasteiger partial charge is 0.469 e. The first-order chi connectivity index (χ1) is 11.3. The third kappa shape index (κ3) is 2.68. The van der Waals surface area contributed by atoms with Crippen molar-refractivity contribution in [1.82, 2.24) is 4.90 Å². The molecule has 3 fully saturated rings. The number of hydrogen-bond acceptors (Lipinski definition) is 3. The van der Waals surface area contributed by atoms with Gasteiger partial charge in [-0.1, -0.05) is 26.0 Å². The van der Waals surface area contributed by atoms with Crippen LogP contribution in [0.4, 0.5) is 0 Å². The zero-order chi connectivity index (χ0) is 17.5. The Kier molecular flexibility index (Phi) is 4.52. The van der Waals surface area contributed by atoms with E-state index in [9.17, 15) is 9.59 Å². The van der Waals surface area contributed by atoms with E-state index in [4.69, 9.17) is 4.74 Å². The van der Waals surface area contributed by atoms with Crippen LogP contribution in [0.15, 0.2) is 12.2 Å². The number of piperidine rings is 1. The van der Waals surface area contributed by atoms with Gasteiger partial charge in [0.15, 0.2) is 0 Å². The Morgan fingerprint density at radius 2 is 1.92 bits per heavy atom. The lowest BCUT2D eigenvalue weighted by molar-refractivity contribution is -0.143. The topological polar surface area (TPSA) is 46.6 Å². The summed E-state index contributed by atoms with van der Waals surface area (Å²) < 4.78 is 4.72. The van der Waals surface area contributed by atoms with Gasteiger partial charge in [-0.05, 0) is 55.8 Å². The summed E-state index contributed by atoms with van der Waals surface area (Å²) >= 11 is 0. The molecule has 2 atom stereocenters. The van der Waals surface area contributed by atoms with E-state index in [2.05, 4.69) is 25.3 Å². The van der Waals surface area contributed by atoms with Crippen LogP contribution in [0.3, 0.4) is 0 Å². The molecule has 0 N–H and O–H groups in total. The van der Waals surface area contributed by atoms with E-state index >= 15 is 0 Å². The van der Waals surface area contributed by atoms with E-state index in [1.807, 2.05) is 0 Å². The molecule has 1 saturated heterocycles. The maximum absolute atomic E-state index is 13.3. The number of ether oxygens (including phenoxy) is 1. The number of likely N-dealkylation sites (tertiary alicyclic amines) is 1. The second-order valence-electron chi connectivity index (χ2n) is 8.57. The molecule has 4 nitrogen and oxygen atoms in total. The SMILES string of the molecule is C=C1C2(C(=O)N3CCC(CCC(=O)OC)CC3)CCC(C2)C1(C)C. The van der Waals surface area contributed by atoms with Gasteiger partial charge in [0.05, 0.1) is 12.5 Å². The Labute approximate surface area is 145 Å². The van der Waals surface area contributed by atoms with Crippen molar-refractivity contribution >= 4 is 11.9 Å². The van der Waals surface area contributed by atoms with Crippen molar-refractivity contribution in [1.29, 1.82) is 0 Å². The summed E-state index contributed by atoms with van der Waals surface area (Å²) in [7, 11) is 1.44. The number of nitrogens with zero attached hydrogens (tertiary/aromatic N) is 1. The Bertz CT molecular complexity index is 545. The van der Waals surface area contributed by atoms with Gasteiger partial charge < -0.3 is 9.64 Å². The molecule has 3 rings (SSSR count). The van der Waals surface area contributed by atoms with E-state index in [0.717, 1.165) is 51.6 Å². The predicted molar refractivity (Wildman–Crippen MR) is 93.2 cm³/mol. The fraction of sp³-hybridized carbons (Fsp3) is 0.800. The van der Waals surface area contributed by atoms with Gasteiger partial charge in [-0.25, -0.2) is 0 Å². The highest BCUT2D eigenvalue weighted by molar-refractivity contribution is 5.87. The summed E-state index contributed by atoms with van der Waals surface area (Å²) in [5, 5.41) is 0. The maximum Gasteiger partial charge on any atom is 0.305 e. The summed E-state index contributed by atoms with van der Waals surface area (Å²) in [5.74, 6) is 1.35. The number of methoxy groups -OCH3 is 1. The highest BCUT2D eigenvalue weighted by atomic mass is 16.5. The number of fused-ring (bicyclic) bond motifs is 2. The van der Waals surface area contributed by atoms with Crippen molar-refractivity contribution in [2.24, 2.45) is 22.7 Å². The smallest absolute Gasteiger partial charge is 0.305 e. The lowest BCUT2D eigenvalue weighted by Gasteiger charge is -2.41. The molecule has 1 amide bonds. The molecule has 3 aliphatic rings. The van der Waals surface area contributed by atoms with Crippen molar-refractivity contribution in [3.05, 3.63) is 12.2 Å². The first-order valence-electron chi connectivity index (χ1n) is 9.37. The van der Waals surface area contributed by atoms with Crippen LogP contribution in [-0.4, -0.2) is 37.0 Å². The molecule has 0 radical (unpaired) electrons. The number of esters is 1. The zero-order valence-corrected chi connectivity index (χ0v) is 15.4. The molecule has 2 bridgehead atoms. The second-order valence-corrected chi connectivity index (χ2v) is 8.57. The first-order valence-corrected chi connectivity index (χ1v) is 9.37. The van der Waals surface area contributed by atoms with Gasteiger partial charge in [0.2, 0.25) is 5.91 Å². The number of hydrogen-bond donors (Lipinski definition) is 0. The maximum atomic E-state index is 13.3. The van der Waals surface area contributed by atoms with E-state index in [1.54, 1.807) is 0 Å². The molecule has 1 aliphatic heterocycles. The fourth-order valence-corrected chi connectivity index (χ4v) is 5.27. The van der Waals surface area contributed by atoms with Gasteiger partial charge in [-0.15, -0.1) is 0 Å². The fourth-order valence-electron chi connectivity index (χ4n) is 5.27. The van der Waals surface area contributed by atoms with E-state index in [0.29, 0.717) is 24.2 Å². The molecular formula is C20H31NO3. The average molecular weight is 333 g/mol. The summed E-state index contributed by atoms with van der Waals surface area (Å²) in [6.07, 6.45) is 6.51. The van der Waals surface area contributed by atoms with Crippen LogP contribution >= 0.6 is 0 Å². The second kappa shape index (κ2) is 6.20. The quantitative estimate of drug-likeness (QED) is 0.584. The van der Waals surface area contributed by atoms with Gasteiger partial charge in [0.25, 0.3) is 0 Å². The van der Waals surface area contributed by atoms with Crippen LogP contribution in [0, 0.1) is 22.7 Å². The molecule has 24 heavy (non-hydrogen) atoms. The predicted octanol–water partition coefficient (Wildman–Crippen LogP) is 3.56. The van der Waals surface area contributed by atoms with E-state index < -0.39 is 0 Å². The van der Waals surface area contributed by atoms with E-state index in [1.165, 1.54) is 12.7 Å². The Hall–Kier alpha value is -1.32. The molecular weight excluding hydrogens is 302 g/mol. The molecule has 4 heteroatoms. The highest BCUT2D eigenvalue weighted by Gasteiger charge is 2.61. The normalized spacial score (nSPS) is 32.2. The van der Waals surface area contributed by atoms with Crippen molar-refractivity contribution in [2.45, 2.75) is 58.8 Å². The van der Waals surface area contributed by atoms with Crippen molar-refractivity contribution in [3.8, 4) is 0 Å². The standard InChI is InChI=1S/C20H31NO3/c1-14-19(2,3)16-7-10-20(14,13-16)18(23)21-11-8-15(9-12-21)5-6-17(22)24-4/h15-16H,1,5-13H2,2-4H3. The molecule has 134 valence electrons. The van der Waals surface area contributed by atoms with Crippen molar-refractivity contribution in [2.75, 3.05) is 20.2 Å². The molecule has 0 aromatic carbocycles. The summed E-state index contributed by atoms with van der Waals surface area (Å²) in [6.45, 7) is 10.5. The number of rotatable bonds is 4. The van der Waals surface area contributed by atoms with Crippen LogP contribution in [-0.2, 0) is 14.3 Å². The van der Waals surface area contributed by atoms with Crippen molar-refractivity contribution in [3.63, 3.8) is 0 Å². The van der Waals surface area contributed by atoms with Gasteiger partial charge in [-0.2, -0.15) is 0 Å². The third-order valence-electron chi connectivity index (χ3n) is 7.19. The molecule has 2 unspecified atom stereocenters. The Morgan fingerprint density at radius 1 is 1.25 bits per heavy atom. The van der Waals surface area contributed by atoms with Crippen LogP contribution in [0.25, 0.3) is 0 Å². The van der Waals surface area contributed by atoms with Gasteiger partial charge in [0, 0.05) is 19.5 Å². The van der Waals surface area contributed by atoms with Crippen LogP contribution in [0.5, 0.6) is 0 Å². The average Bonchev–Trinajstić information content (AvgIpc) is 3.12. The lowest BCUT2D eigenvalue weighted by Crippen LogP contribution is -2.47. The Morgan fingerprint density at radius 3 is 2.46 bits per heavy atom.